The number of ether oxygens (including phenoxy) is 1. The maximum Gasteiger partial charge on any atom is 0.274 e. The monoisotopic (exact) mass is 281 g/mol. The van der Waals surface area contributed by atoms with Gasteiger partial charge in [-0.3, -0.25) is 14.9 Å². The summed E-state index contributed by atoms with van der Waals surface area (Å²) in [6.45, 7) is 4.22. The molecule has 1 unspecified atom stereocenters. The van der Waals surface area contributed by atoms with Gasteiger partial charge in [-0.05, 0) is 19.9 Å². The minimum Gasteiger partial charge on any atom is -0.383 e. The molecule has 7 nitrogen and oxygen atoms in total. The molecule has 0 saturated carbocycles. The Kier molecular flexibility index (Phi) is 5.92. The maximum atomic E-state index is 11.7. The van der Waals surface area contributed by atoms with Crippen LogP contribution in [0.5, 0.6) is 0 Å². The number of nitro benzene ring substituents is 1. The molecule has 0 aromatic heterocycles. The fourth-order valence-electron chi connectivity index (χ4n) is 1.64. The Morgan fingerprint density at radius 1 is 1.50 bits per heavy atom. The third-order valence-electron chi connectivity index (χ3n) is 2.79. The largest absolute Gasteiger partial charge is 0.383 e. The van der Waals surface area contributed by atoms with Crippen LogP contribution in [-0.2, 0) is 9.53 Å². The van der Waals surface area contributed by atoms with Crippen molar-refractivity contribution in [1.82, 2.24) is 5.32 Å². The average molecular weight is 281 g/mol. The Morgan fingerprint density at radius 3 is 2.80 bits per heavy atom. The first-order valence-corrected chi connectivity index (χ1v) is 6.24. The summed E-state index contributed by atoms with van der Waals surface area (Å²) in [5.74, 6) is -0.190. The van der Waals surface area contributed by atoms with Crippen LogP contribution in [-0.4, -0.2) is 37.1 Å². The lowest BCUT2D eigenvalue weighted by molar-refractivity contribution is -0.385. The number of anilines is 1. The van der Waals surface area contributed by atoms with Gasteiger partial charge >= 0.3 is 0 Å². The molecule has 0 saturated heterocycles. The van der Waals surface area contributed by atoms with E-state index in [1.165, 1.54) is 6.07 Å². The Morgan fingerprint density at radius 2 is 2.20 bits per heavy atom. The molecule has 1 amide bonds. The molecule has 0 aliphatic rings. The molecular weight excluding hydrogens is 262 g/mol. The number of amides is 1. The molecule has 1 aromatic carbocycles. The number of carbonyl (C=O) groups excluding carboxylic acids is 1. The van der Waals surface area contributed by atoms with Crippen LogP contribution in [0.15, 0.2) is 18.2 Å². The number of hydrogen-bond donors (Lipinski definition) is 2. The van der Waals surface area contributed by atoms with Crippen molar-refractivity contribution in [2.24, 2.45) is 0 Å². The van der Waals surface area contributed by atoms with Crippen molar-refractivity contribution in [1.29, 1.82) is 0 Å². The number of hydrogen-bond acceptors (Lipinski definition) is 5. The number of carbonyl (C=O) groups is 1. The molecule has 1 atom stereocenters. The topological polar surface area (TPSA) is 93.5 Å². The zero-order valence-corrected chi connectivity index (χ0v) is 11.8. The van der Waals surface area contributed by atoms with Crippen molar-refractivity contribution >= 4 is 17.3 Å². The van der Waals surface area contributed by atoms with Gasteiger partial charge in [-0.25, -0.2) is 0 Å². The molecule has 0 aliphatic heterocycles. The zero-order valence-electron chi connectivity index (χ0n) is 11.8. The van der Waals surface area contributed by atoms with Gasteiger partial charge in [0, 0.05) is 31.0 Å². The van der Waals surface area contributed by atoms with Crippen LogP contribution in [0.1, 0.15) is 12.5 Å². The van der Waals surface area contributed by atoms with Gasteiger partial charge in [0.05, 0.1) is 11.5 Å². The Balaban J connectivity index is 2.66. The first-order chi connectivity index (χ1) is 9.45. The van der Waals surface area contributed by atoms with Crippen LogP contribution in [0.25, 0.3) is 0 Å². The highest BCUT2D eigenvalue weighted by Gasteiger charge is 2.15. The third kappa shape index (κ3) is 4.51. The van der Waals surface area contributed by atoms with Crippen LogP contribution in [0.4, 0.5) is 11.4 Å². The van der Waals surface area contributed by atoms with Crippen LogP contribution in [0.3, 0.4) is 0 Å². The number of methoxy groups -OCH3 is 1. The third-order valence-corrected chi connectivity index (χ3v) is 2.79. The van der Waals surface area contributed by atoms with Gasteiger partial charge in [0.25, 0.3) is 5.69 Å². The molecule has 20 heavy (non-hydrogen) atoms. The molecule has 0 spiro atoms. The summed E-state index contributed by atoms with van der Waals surface area (Å²) in [6.07, 6.45) is 0. The second-order valence-electron chi connectivity index (χ2n) is 4.41. The molecule has 0 fully saturated rings. The van der Waals surface area contributed by atoms with E-state index >= 15 is 0 Å². The lowest BCUT2D eigenvalue weighted by atomic mass is 10.1. The van der Waals surface area contributed by atoms with Gasteiger partial charge in [-0.2, -0.15) is 0 Å². The van der Waals surface area contributed by atoms with E-state index in [1.54, 1.807) is 33.1 Å². The van der Waals surface area contributed by atoms with Crippen molar-refractivity contribution in [2.75, 3.05) is 25.6 Å². The highest BCUT2D eigenvalue weighted by molar-refractivity contribution is 5.84. The van der Waals surface area contributed by atoms with Crippen molar-refractivity contribution in [3.8, 4) is 0 Å². The zero-order chi connectivity index (χ0) is 15.1. The van der Waals surface area contributed by atoms with E-state index in [0.29, 0.717) is 24.4 Å². The number of nitrogens with one attached hydrogen (secondary N) is 2. The second-order valence-corrected chi connectivity index (χ2v) is 4.41. The molecule has 0 bridgehead atoms. The first kappa shape index (κ1) is 15.9. The molecule has 2 N–H and O–H groups in total. The van der Waals surface area contributed by atoms with E-state index < -0.39 is 11.0 Å². The maximum absolute atomic E-state index is 11.7. The van der Waals surface area contributed by atoms with Gasteiger partial charge in [0.15, 0.2) is 0 Å². The van der Waals surface area contributed by atoms with Crippen molar-refractivity contribution < 1.29 is 14.5 Å². The Hall–Kier alpha value is -2.15. The molecule has 0 radical (unpaired) electrons. The van der Waals surface area contributed by atoms with E-state index in [9.17, 15) is 14.9 Å². The number of aryl methyl sites for hydroxylation is 1. The minimum atomic E-state index is -0.492. The number of nitro groups is 1. The lowest BCUT2D eigenvalue weighted by Crippen LogP contribution is -2.39. The molecule has 1 aromatic rings. The summed E-state index contributed by atoms with van der Waals surface area (Å²) in [6, 6.07) is 4.29. The first-order valence-electron chi connectivity index (χ1n) is 6.24. The SMILES string of the molecule is COCCNC(=O)C(C)Nc1ccc(C)c([N+](=O)[O-])c1. The highest BCUT2D eigenvalue weighted by atomic mass is 16.6. The molecule has 110 valence electrons. The van der Waals surface area contributed by atoms with E-state index in [4.69, 9.17) is 4.74 Å². The summed E-state index contributed by atoms with van der Waals surface area (Å²) >= 11 is 0. The number of rotatable bonds is 7. The standard InChI is InChI=1S/C13H19N3O4/c1-9-4-5-11(8-12(9)16(18)19)15-10(2)13(17)14-6-7-20-3/h4-5,8,10,15H,6-7H2,1-3H3,(H,14,17). The lowest BCUT2D eigenvalue weighted by Gasteiger charge is -2.15. The van der Waals surface area contributed by atoms with Crippen molar-refractivity contribution in [3.05, 3.63) is 33.9 Å². The summed E-state index contributed by atoms with van der Waals surface area (Å²) < 4.78 is 4.84. The van der Waals surface area contributed by atoms with Gasteiger partial charge < -0.3 is 15.4 Å². The Bertz CT molecular complexity index is 491. The van der Waals surface area contributed by atoms with E-state index in [0.717, 1.165) is 0 Å². The molecule has 0 heterocycles. The highest BCUT2D eigenvalue weighted by Crippen LogP contribution is 2.22. The van der Waals surface area contributed by atoms with Crippen LogP contribution < -0.4 is 10.6 Å². The molecule has 1 rings (SSSR count). The summed E-state index contributed by atoms with van der Waals surface area (Å²) in [7, 11) is 1.55. The summed E-state index contributed by atoms with van der Waals surface area (Å²) in [4.78, 5) is 22.2. The minimum absolute atomic E-state index is 0.0296. The molecular formula is C13H19N3O4. The smallest absolute Gasteiger partial charge is 0.274 e. The van der Waals surface area contributed by atoms with Gasteiger partial charge in [-0.15, -0.1) is 0 Å². The predicted octanol–water partition coefficient (Wildman–Crippen LogP) is 1.47. The second kappa shape index (κ2) is 7.44. The fourth-order valence-corrected chi connectivity index (χ4v) is 1.64. The van der Waals surface area contributed by atoms with Crippen molar-refractivity contribution in [2.45, 2.75) is 19.9 Å². The van der Waals surface area contributed by atoms with Gasteiger partial charge in [-0.1, -0.05) is 6.07 Å². The van der Waals surface area contributed by atoms with E-state index in [1.807, 2.05) is 0 Å². The van der Waals surface area contributed by atoms with Gasteiger partial charge in [0.1, 0.15) is 6.04 Å². The summed E-state index contributed by atoms with van der Waals surface area (Å²) in [5.41, 5.74) is 1.15. The molecule has 7 heteroatoms. The van der Waals surface area contributed by atoms with Crippen LogP contribution in [0.2, 0.25) is 0 Å². The number of benzene rings is 1. The fraction of sp³-hybridized carbons (Fsp3) is 0.462. The van der Waals surface area contributed by atoms with Crippen LogP contribution >= 0.6 is 0 Å². The van der Waals surface area contributed by atoms with E-state index in [2.05, 4.69) is 10.6 Å². The normalized spacial score (nSPS) is 11.8. The van der Waals surface area contributed by atoms with E-state index in [-0.39, 0.29) is 11.6 Å². The predicted molar refractivity (Wildman–Crippen MR) is 75.8 cm³/mol. The summed E-state index contributed by atoms with van der Waals surface area (Å²) in [5, 5.41) is 16.5. The van der Waals surface area contributed by atoms with Crippen LogP contribution in [0, 0.1) is 17.0 Å². The van der Waals surface area contributed by atoms with Crippen molar-refractivity contribution in [3.63, 3.8) is 0 Å². The molecule has 0 aliphatic carbocycles. The number of nitrogens with zero attached hydrogens (tertiary/aromatic N) is 1. The quantitative estimate of drug-likeness (QED) is 0.448. The Labute approximate surface area is 117 Å². The van der Waals surface area contributed by atoms with Gasteiger partial charge in [0.2, 0.25) is 5.91 Å². The average Bonchev–Trinajstić information content (AvgIpc) is 2.40.